The zero-order valence-electron chi connectivity index (χ0n) is 15.7. The molecule has 3 rings (SSSR count). The van der Waals surface area contributed by atoms with Crippen LogP contribution in [0.4, 0.5) is 0 Å². The van der Waals surface area contributed by atoms with Crippen LogP contribution in [0.2, 0.25) is 0 Å². The van der Waals surface area contributed by atoms with Crippen LogP contribution < -0.4 is 10.6 Å². The fourth-order valence-corrected chi connectivity index (χ4v) is 4.01. The van der Waals surface area contributed by atoms with Crippen molar-refractivity contribution in [2.45, 2.75) is 63.2 Å². The molecule has 2 saturated heterocycles. The molecule has 2 heterocycles. The van der Waals surface area contributed by atoms with E-state index >= 15 is 0 Å². The Morgan fingerprint density at radius 2 is 1.85 bits per heavy atom. The highest BCUT2D eigenvalue weighted by atomic mass is 127. The van der Waals surface area contributed by atoms with Crippen LogP contribution in [-0.4, -0.2) is 74.9 Å². The van der Waals surface area contributed by atoms with Gasteiger partial charge in [0.25, 0.3) is 0 Å². The number of guanidine groups is 1. The molecule has 26 heavy (non-hydrogen) atoms. The van der Waals surface area contributed by atoms with E-state index < -0.39 is 0 Å². The Bertz CT molecular complexity index is 465. The maximum Gasteiger partial charge on any atom is 0.239 e. The number of aliphatic imine (C=N–C) groups is 1. The smallest absolute Gasteiger partial charge is 0.239 e. The minimum atomic E-state index is 0. The first-order chi connectivity index (χ1) is 12.3. The standard InChI is InChI=1S/C18H32N4O3.HI/c1-19-18(20-12-17(23)21-14-6-3-2-4-7-14)22-9-11-25-16(13-22)15-8-5-10-24-15;/h14-16H,2-13H2,1H3,(H,19,20)(H,21,23);1H. The molecule has 1 aliphatic carbocycles. The van der Waals surface area contributed by atoms with Gasteiger partial charge in [0, 0.05) is 32.8 Å². The van der Waals surface area contributed by atoms with E-state index in [0.717, 1.165) is 51.3 Å². The first kappa shape index (κ1) is 21.7. The van der Waals surface area contributed by atoms with Crippen LogP contribution in [-0.2, 0) is 14.3 Å². The lowest BCUT2D eigenvalue weighted by Crippen LogP contribution is -2.54. The summed E-state index contributed by atoms with van der Waals surface area (Å²) in [6.45, 7) is 3.31. The van der Waals surface area contributed by atoms with Gasteiger partial charge in [0.1, 0.15) is 6.10 Å². The van der Waals surface area contributed by atoms with Crippen molar-refractivity contribution in [3.63, 3.8) is 0 Å². The first-order valence-electron chi connectivity index (χ1n) is 9.74. The van der Waals surface area contributed by atoms with Gasteiger partial charge in [0.05, 0.1) is 19.3 Å². The number of carbonyl (C=O) groups excluding carboxylic acids is 1. The van der Waals surface area contributed by atoms with Gasteiger partial charge >= 0.3 is 0 Å². The van der Waals surface area contributed by atoms with E-state index in [9.17, 15) is 4.79 Å². The second kappa shape index (κ2) is 11.3. The van der Waals surface area contributed by atoms with Gasteiger partial charge in [-0.15, -0.1) is 24.0 Å². The molecule has 2 N–H and O–H groups in total. The van der Waals surface area contributed by atoms with E-state index in [-0.39, 0.29) is 48.6 Å². The number of hydrogen-bond acceptors (Lipinski definition) is 4. The number of ether oxygens (including phenoxy) is 2. The normalized spacial score (nSPS) is 27.7. The van der Waals surface area contributed by atoms with Gasteiger partial charge in [-0.3, -0.25) is 9.79 Å². The number of halogens is 1. The van der Waals surface area contributed by atoms with E-state index in [1.54, 1.807) is 7.05 Å². The third-order valence-electron chi connectivity index (χ3n) is 5.36. The van der Waals surface area contributed by atoms with Crippen LogP contribution in [0.25, 0.3) is 0 Å². The second-order valence-electron chi connectivity index (χ2n) is 7.21. The molecule has 0 aromatic heterocycles. The number of nitrogens with one attached hydrogen (secondary N) is 2. The Kier molecular flexibility index (Phi) is 9.41. The maximum atomic E-state index is 12.2. The SMILES string of the molecule is CN=C(NCC(=O)NC1CCCCC1)N1CCOC(C2CCCO2)C1.I. The molecular formula is C18H33IN4O3. The molecular weight excluding hydrogens is 447 g/mol. The topological polar surface area (TPSA) is 75.2 Å². The zero-order chi connectivity index (χ0) is 17.5. The fraction of sp³-hybridized carbons (Fsp3) is 0.889. The second-order valence-corrected chi connectivity index (χ2v) is 7.21. The van der Waals surface area contributed by atoms with Gasteiger partial charge in [0.15, 0.2) is 5.96 Å². The number of carbonyl (C=O) groups is 1. The highest BCUT2D eigenvalue weighted by molar-refractivity contribution is 14.0. The molecule has 8 heteroatoms. The van der Waals surface area contributed by atoms with Crippen molar-refractivity contribution in [1.82, 2.24) is 15.5 Å². The summed E-state index contributed by atoms with van der Waals surface area (Å²) >= 11 is 0. The van der Waals surface area contributed by atoms with Crippen LogP contribution in [0.5, 0.6) is 0 Å². The predicted molar refractivity (Wildman–Crippen MR) is 112 cm³/mol. The number of morpholine rings is 1. The molecule has 2 aliphatic heterocycles. The van der Waals surface area contributed by atoms with E-state index in [1.807, 2.05) is 0 Å². The number of rotatable bonds is 4. The van der Waals surface area contributed by atoms with Crippen molar-refractivity contribution < 1.29 is 14.3 Å². The molecule has 0 aromatic rings. The van der Waals surface area contributed by atoms with Gasteiger partial charge in [-0.2, -0.15) is 0 Å². The Morgan fingerprint density at radius 3 is 2.54 bits per heavy atom. The third-order valence-corrected chi connectivity index (χ3v) is 5.36. The third kappa shape index (κ3) is 6.23. The maximum absolute atomic E-state index is 12.2. The van der Waals surface area contributed by atoms with Crippen LogP contribution in [0.1, 0.15) is 44.9 Å². The Balaban J connectivity index is 0.00000243. The summed E-state index contributed by atoms with van der Waals surface area (Å²) in [5.74, 6) is 0.821. The zero-order valence-corrected chi connectivity index (χ0v) is 18.1. The summed E-state index contributed by atoms with van der Waals surface area (Å²) in [5, 5.41) is 6.34. The summed E-state index contributed by atoms with van der Waals surface area (Å²) in [4.78, 5) is 18.7. The van der Waals surface area contributed by atoms with E-state index in [1.165, 1.54) is 19.3 Å². The Labute approximate surface area is 173 Å². The van der Waals surface area contributed by atoms with Crippen molar-refractivity contribution in [3.8, 4) is 0 Å². The molecule has 3 fully saturated rings. The predicted octanol–water partition coefficient (Wildman–Crippen LogP) is 1.51. The highest BCUT2D eigenvalue weighted by Crippen LogP contribution is 2.21. The lowest BCUT2D eigenvalue weighted by atomic mass is 9.95. The molecule has 3 aliphatic rings. The minimum absolute atomic E-state index is 0. The molecule has 2 atom stereocenters. The molecule has 0 bridgehead atoms. The molecule has 0 radical (unpaired) electrons. The quantitative estimate of drug-likeness (QED) is 0.363. The summed E-state index contributed by atoms with van der Waals surface area (Å²) in [5.41, 5.74) is 0. The average molecular weight is 480 g/mol. The average Bonchev–Trinajstić information content (AvgIpc) is 3.18. The summed E-state index contributed by atoms with van der Waals surface area (Å²) in [7, 11) is 1.76. The van der Waals surface area contributed by atoms with Crippen LogP contribution in [0.3, 0.4) is 0 Å². The van der Waals surface area contributed by atoms with Gasteiger partial charge < -0.3 is 25.0 Å². The number of nitrogens with zero attached hydrogens (tertiary/aromatic N) is 2. The van der Waals surface area contributed by atoms with Crippen LogP contribution >= 0.6 is 24.0 Å². The summed E-state index contributed by atoms with van der Waals surface area (Å²) in [6, 6.07) is 0.345. The van der Waals surface area contributed by atoms with E-state index in [2.05, 4.69) is 20.5 Å². The van der Waals surface area contributed by atoms with E-state index in [0.29, 0.717) is 12.6 Å². The Morgan fingerprint density at radius 1 is 1.08 bits per heavy atom. The lowest BCUT2D eigenvalue weighted by Gasteiger charge is -2.37. The van der Waals surface area contributed by atoms with E-state index in [4.69, 9.17) is 9.47 Å². The Hall–Kier alpha value is -0.610. The van der Waals surface area contributed by atoms with Gasteiger partial charge in [-0.05, 0) is 25.7 Å². The van der Waals surface area contributed by atoms with Crippen molar-refractivity contribution >= 4 is 35.8 Å². The van der Waals surface area contributed by atoms with Gasteiger partial charge in [0.2, 0.25) is 5.91 Å². The molecule has 150 valence electrons. The van der Waals surface area contributed by atoms with Crippen molar-refractivity contribution in [2.24, 2.45) is 4.99 Å². The highest BCUT2D eigenvalue weighted by Gasteiger charge is 2.32. The van der Waals surface area contributed by atoms with Crippen LogP contribution in [0.15, 0.2) is 4.99 Å². The summed E-state index contributed by atoms with van der Waals surface area (Å²) < 4.78 is 11.6. The molecule has 1 saturated carbocycles. The van der Waals surface area contributed by atoms with Gasteiger partial charge in [-0.25, -0.2) is 0 Å². The van der Waals surface area contributed by atoms with Crippen molar-refractivity contribution in [3.05, 3.63) is 0 Å². The van der Waals surface area contributed by atoms with Crippen molar-refractivity contribution in [1.29, 1.82) is 0 Å². The fourth-order valence-electron chi connectivity index (χ4n) is 4.01. The molecule has 0 spiro atoms. The first-order valence-corrected chi connectivity index (χ1v) is 9.74. The molecule has 1 amide bonds. The van der Waals surface area contributed by atoms with Crippen LogP contribution in [0, 0.1) is 0 Å². The van der Waals surface area contributed by atoms with Gasteiger partial charge in [-0.1, -0.05) is 19.3 Å². The monoisotopic (exact) mass is 480 g/mol. The largest absolute Gasteiger partial charge is 0.375 e. The minimum Gasteiger partial charge on any atom is -0.375 e. The number of hydrogen-bond donors (Lipinski definition) is 2. The molecule has 0 aromatic carbocycles. The number of amides is 1. The molecule has 2 unspecified atom stereocenters. The summed E-state index contributed by atoms with van der Waals surface area (Å²) in [6.07, 6.45) is 8.39. The lowest BCUT2D eigenvalue weighted by molar-refractivity contribution is -0.121. The van der Waals surface area contributed by atoms with Crippen molar-refractivity contribution in [2.75, 3.05) is 39.9 Å². The molecule has 7 nitrogen and oxygen atoms in total.